The van der Waals surface area contributed by atoms with Gasteiger partial charge >= 0.3 is 0 Å². The first-order chi connectivity index (χ1) is 6.91. The standard InChI is InChI=1S/C11H14F2.C2H6/c1-8(2)9-4-6-10(7-5-9)11(3,12)13;1-2/h4-8H,1-3H3;1-2H3. The van der Waals surface area contributed by atoms with Gasteiger partial charge in [0.25, 0.3) is 5.92 Å². The Balaban J connectivity index is 0.000000921. The maximum absolute atomic E-state index is 12.8. The highest BCUT2D eigenvalue weighted by Gasteiger charge is 2.23. The molecular weight excluding hydrogens is 194 g/mol. The lowest BCUT2D eigenvalue weighted by atomic mass is 10.0. The SMILES string of the molecule is CC.CC(C)c1ccc(C(C)(F)F)cc1. The summed E-state index contributed by atoms with van der Waals surface area (Å²) < 4.78 is 25.6. The van der Waals surface area contributed by atoms with Crippen molar-refractivity contribution in [3.8, 4) is 0 Å². The van der Waals surface area contributed by atoms with E-state index in [4.69, 9.17) is 0 Å². The van der Waals surface area contributed by atoms with Gasteiger partial charge in [0.05, 0.1) is 0 Å². The molecule has 0 N–H and O–H groups in total. The minimum atomic E-state index is -2.73. The van der Waals surface area contributed by atoms with E-state index in [-0.39, 0.29) is 5.56 Å². The van der Waals surface area contributed by atoms with Crippen molar-refractivity contribution in [2.45, 2.75) is 46.5 Å². The molecule has 0 saturated heterocycles. The third kappa shape index (κ3) is 4.41. The minimum absolute atomic E-state index is 0.0805. The van der Waals surface area contributed by atoms with Gasteiger partial charge in [0.1, 0.15) is 0 Å². The Bertz CT molecular complexity index is 268. The maximum Gasteiger partial charge on any atom is 0.270 e. The van der Waals surface area contributed by atoms with Gasteiger partial charge in [-0.1, -0.05) is 52.0 Å². The molecular formula is C13H20F2. The molecule has 0 spiro atoms. The number of benzene rings is 1. The zero-order valence-electron chi connectivity index (χ0n) is 10.1. The van der Waals surface area contributed by atoms with Crippen LogP contribution in [0.2, 0.25) is 0 Å². The van der Waals surface area contributed by atoms with Crippen LogP contribution in [-0.2, 0) is 5.92 Å². The molecule has 0 bridgehead atoms. The van der Waals surface area contributed by atoms with Crippen LogP contribution in [-0.4, -0.2) is 0 Å². The molecule has 0 aliphatic rings. The minimum Gasteiger partial charge on any atom is -0.202 e. The molecule has 2 heteroatoms. The van der Waals surface area contributed by atoms with E-state index in [9.17, 15) is 8.78 Å². The average Bonchev–Trinajstić information content (AvgIpc) is 2.20. The largest absolute Gasteiger partial charge is 0.270 e. The van der Waals surface area contributed by atoms with Gasteiger partial charge in [-0.3, -0.25) is 0 Å². The van der Waals surface area contributed by atoms with Gasteiger partial charge in [0.15, 0.2) is 0 Å². The van der Waals surface area contributed by atoms with Gasteiger partial charge < -0.3 is 0 Å². The summed E-state index contributed by atoms with van der Waals surface area (Å²) in [6.07, 6.45) is 0. The topological polar surface area (TPSA) is 0 Å². The Morgan fingerprint density at radius 3 is 1.67 bits per heavy atom. The molecule has 1 rings (SSSR count). The smallest absolute Gasteiger partial charge is 0.202 e. The molecule has 0 heterocycles. The Morgan fingerprint density at radius 1 is 1.00 bits per heavy atom. The first-order valence-corrected chi connectivity index (χ1v) is 5.39. The summed E-state index contributed by atoms with van der Waals surface area (Å²) in [6, 6.07) is 6.51. The van der Waals surface area contributed by atoms with Crippen LogP contribution in [0.3, 0.4) is 0 Å². The number of alkyl halides is 2. The molecule has 0 amide bonds. The predicted octanol–water partition coefficient (Wildman–Crippen LogP) is 4.95. The first-order valence-electron chi connectivity index (χ1n) is 5.39. The van der Waals surface area contributed by atoms with Gasteiger partial charge in [0, 0.05) is 12.5 Å². The van der Waals surface area contributed by atoms with Gasteiger partial charge in [0.2, 0.25) is 0 Å². The fourth-order valence-corrected chi connectivity index (χ4v) is 1.16. The van der Waals surface area contributed by atoms with Crippen LogP contribution in [0.25, 0.3) is 0 Å². The lowest BCUT2D eigenvalue weighted by Gasteiger charge is -2.12. The summed E-state index contributed by atoms with van der Waals surface area (Å²) in [5.74, 6) is -2.34. The quantitative estimate of drug-likeness (QED) is 0.653. The summed E-state index contributed by atoms with van der Waals surface area (Å²) >= 11 is 0. The highest BCUT2D eigenvalue weighted by molar-refractivity contribution is 5.26. The predicted molar refractivity (Wildman–Crippen MR) is 61.4 cm³/mol. The van der Waals surface area contributed by atoms with Crippen LogP contribution < -0.4 is 0 Å². The van der Waals surface area contributed by atoms with Crippen LogP contribution in [0.15, 0.2) is 24.3 Å². The van der Waals surface area contributed by atoms with E-state index in [1.807, 2.05) is 27.7 Å². The molecule has 0 aliphatic carbocycles. The fourth-order valence-electron chi connectivity index (χ4n) is 1.16. The Morgan fingerprint density at radius 2 is 1.40 bits per heavy atom. The van der Waals surface area contributed by atoms with Crippen molar-refractivity contribution in [3.05, 3.63) is 35.4 Å². The van der Waals surface area contributed by atoms with Crippen LogP contribution in [0.1, 0.15) is 51.7 Å². The van der Waals surface area contributed by atoms with Gasteiger partial charge in [-0.2, -0.15) is 0 Å². The van der Waals surface area contributed by atoms with Crippen molar-refractivity contribution in [2.75, 3.05) is 0 Å². The third-order valence-electron chi connectivity index (χ3n) is 2.08. The normalized spacial score (nSPS) is 10.9. The van der Waals surface area contributed by atoms with Crippen molar-refractivity contribution in [1.82, 2.24) is 0 Å². The number of rotatable bonds is 2. The van der Waals surface area contributed by atoms with E-state index in [1.165, 1.54) is 12.1 Å². The molecule has 86 valence electrons. The molecule has 0 aromatic heterocycles. The van der Waals surface area contributed by atoms with E-state index in [2.05, 4.69) is 0 Å². The molecule has 0 saturated carbocycles. The van der Waals surface area contributed by atoms with Crippen molar-refractivity contribution in [1.29, 1.82) is 0 Å². The monoisotopic (exact) mass is 214 g/mol. The molecule has 0 radical (unpaired) electrons. The van der Waals surface area contributed by atoms with Gasteiger partial charge in [-0.25, -0.2) is 8.78 Å². The molecule has 0 aliphatic heterocycles. The number of halogens is 2. The van der Waals surface area contributed by atoms with Crippen LogP contribution in [0.4, 0.5) is 8.78 Å². The van der Waals surface area contributed by atoms with Crippen LogP contribution in [0.5, 0.6) is 0 Å². The van der Waals surface area contributed by atoms with Crippen molar-refractivity contribution >= 4 is 0 Å². The zero-order valence-corrected chi connectivity index (χ0v) is 10.1. The molecule has 1 aromatic rings. The van der Waals surface area contributed by atoms with Crippen LogP contribution in [0, 0.1) is 0 Å². The lowest BCUT2D eigenvalue weighted by Crippen LogP contribution is -2.06. The fraction of sp³-hybridized carbons (Fsp3) is 0.538. The summed E-state index contributed by atoms with van der Waals surface area (Å²) in [7, 11) is 0. The summed E-state index contributed by atoms with van der Waals surface area (Å²) in [6.45, 7) is 9.00. The highest BCUT2D eigenvalue weighted by atomic mass is 19.3. The average molecular weight is 214 g/mol. The lowest BCUT2D eigenvalue weighted by molar-refractivity contribution is 0.0174. The Labute approximate surface area is 91.3 Å². The van der Waals surface area contributed by atoms with E-state index >= 15 is 0 Å². The number of hydrogen-bond donors (Lipinski definition) is 0. The van der Waals surface area contributed by atoms with Gasteiger partial charge in [-0.05, 0) is 11.5 Å². The van der Waals surface area contributed by atoms with E-state index in [0.717, 1.165) is 12.5 Å². The second-order valence-electron chi connectivity index (χ2n) is 3.67. The van der Waals surface area contributed by atoms with Gasteiger partial charge in [-0.15, -0.1) is 0 Å². The zero-order chi connectivity index (χ0) is 12.1. The molecule has 1 aromatic carbocycles. The van der Waals surface area contributed by atoms with Crippen molar-refractivity contribution in [3.63, 3.8) is 0 Å². The molecule has 15 heavy (non-hydrogen) atoms. The molecule has 0 atom stereocenters. The summed E-state index contributed by atoms with van der Waals surface area (Å²) in [4.78, 5) is 0. The maximum atomic E-state index is 12.8. The van der Waals surface area contributed by atoms with E-state index < -0.39 is 5.92 Å². The highest BCUT2D eigenvalue weighted by Crippen LogP contribution is 2.27. The molecule has 0 fully saturated rings. The second kappa shape index (κ2) is 5.84. The van der Waals surface area contributed by atoms with Crippen molar-refractivity contribution < 1.29 is 8.78 Å². The molecule has 0 nitrogen and oxygen atoms in total. The Kier molecular flexibility index (Phi) is 5.48. The van der Waals surface area contributed by atoms with Crippen LogP contribution >= 0.6 is 0 Å². The second-order valence-corrected chi connectivity index (χ2v) is 3.67. The van der Waals surface area contributed by atoms with E-state index in [1.54, 1.807) is 12.1 Å². The summed E-state index contributed by atoms with van der Waals surface area (Å²) in [5, 5.41) is 0. The van der Waals surface area contributed by atoms with E-state index in [0.29, 0.717) is 5.92 Å². The first kappa shape index (κ1) is 14.1. The molecule has 0 unspecified atom stereocenters. The van der Waals surface area contributed by atoms with Crippen molar-refractivity contribution in [2.24, 2.45) is 0 Å². The number of hydrogen-bond acceptors (Lipinski definition) is 0. The summed E-state index contributed by atoms with van der Waals surface area (Å²) in [5.41, 5.74) is 1.17. The Hall–Kier alpha value is -0.920. The third-order valence-corrected chi connectivity index (χ3v) is 2.08.